The lowest BCUT2D eigenvalue weighted by Gasteiger charge is -2.32. The second-order valence-electron chi connectivity index (χ2n) is 14.4. The van der Waals surface area contributed by atoms with Crippen molar-refractivity contribution < 1.29 is 4.42 Å². The maximum atomic E-state index is 6.42. The monoisotopic (exact) mass is 701 g/mol. The van der Waals surface area contributed by atoms with Gasteiger partial charge in [-0.25, -0.2) is 0 Å². The molecule has 0 unspecified atom stereocenters. The van der Waals surface area contributed by atoms with Crippen LogP contribution >= 0.6 is 0 Å². The van der Waals surface area contributed by atoms with E-state index in [1.165, 1.54) is 49.7 Å². The van der Waals surface area contributed by atoms with Crippen molar-refractivity contribution in [3.63, 3.8) is 0 Å². The Balaban J connectivity index is 1.16. The van der Waals surface area contributed by atoms with Crippen molar-refractivity contribution in [1.82, 2.24) is 0 Å². The van der Waals surface area contributed by atoms with Crippen molar-refractivity contribution in [3.8, 4) is 33.4 Å². The van der Waals surface area contributed by atoms with Gasteiger partial charge < -0.3 is 9.32 Å². The fraction of sp³-hybridized carbons (Fsp3) is 0.0189. The lowest BCUT2D eigenvalue weighted by molar-refractivity contribution is 0.669. The molecule has 1 aromatic heterocycles. The molecule has 0 saturated carbocycles. The predicted molar refractivity (Wildman–Crippen MR) is 230 cm³/mol. The van der Waals surface area contributed by atoms with E-state index in [4.69, 9.17) is 4.42 Å². The van der Waals surface area contributed by atoms with Crippen LogP contribution in [0.15, 0.2) is 211 Å². The SMILES string of the molecule is c1cc(-c2cccc3ccccc23)cc(N(c2ccccc2-c2ccc3c(c2)oc2ccccc23)c2ccccc2C2c3ccccc3-c3ccccc32)c1. The van der Waals surface area contributed by atoms with Gasteiger partial charge in [0.25, 0.3) is 0 Å². The summed E-state index contributed by atoms with van der Waals surface area (Å²) in [6.45, 7) is 0. The summed E-state index contributed by atoms with van der Waals surface area (Å²) >= 11 is 0. The van der Waals surface area contributed by atoms with Crippen molar-refractivity contribution in [2.24, 2.45) is 0 Å². The van der Waals surface area contributed by atoms with Gasteiger partial charge in [0.1, 0.15) is 11.2 Å². The molecule has 0 aliphatic heterocycles. The molecule has 2 heteroatoms. The first-order chi connectivity index (χ1) is 27.3. The highest BCUT2D eigenvalue weighted by molar-refractivity contribution is 6.06. The van der Waals surface area contributed by atoms with Gasteiger partial charge in [0.2, 0.25) is 0 Å². The van der Waals surface area contributed by atoms with Gasteiger partial charge in [-0.05, 0) is 97.7 Å². The zero-order valence-corrected chi connectivity index (χ0v) is 30.1. The first-order valence-electron chi connectivity index (χ1n) is 19.0. The van der Waals surface area contributed by atoms with Crippen LogP contribution < -0.4 is 4.90 Å². The van der Waals surface area contributed by atoms with E-state index in [-0.39, 0.29) is 5.92 Å². The molecule has 258 valence electrons. The number of nitrogens with zero attached hydrogens (tertiary/aromatic N) is 1. The average molecular weight is 702 g/mol. The number of fused-ring (bicyclic) bond motifs is 7. The van der Waals surface area contributed by atoms with Gasteiger partial charge in [-0.3, -0.25) is 0 Å². The maximum absolute atomic E-state index is 6.42. The molecule has 0 radical (unpaired) electrons. The summed E-state index contributed by atoms with van der Waals surface area (Å²) in [5.74, 6) is 0.0754. The topological polar surface area (TPSA) is 16.4 Å². The van der Waals surface area contributed by atoms with Gasteiger partial charge in [0, 0.05) is 27.9 Å². The molecule has 9 aromatic carbocycles. The second-order valence-corrected chi connectivity index (χ2v) is 14.4. The Bertz CT molecular complexity index is 3030. The normalized spacial score (nSPS) is 12.3. The smallest absolute Gasteiger partial charge is 0.136 e. The molecule has 0 fully saturated rings. The highest BCUT2D eigenvalue weighted by Crippen LogP contribution is 2.52. The maximum Gasteiger partial charge on any atom is 0.136 e. The van der Waals surface area contributed by atoms with E-state index in [2.05, 4.69) is 199 Å². The van der Waals surface area contributed by atoms with E-state index in [9.17, 15) is 0 Å². The van der Waals surface area contributed by atoms with Gasteiger partial charge in [-0.1, -0.05) is 164 Å². The molecule has 2 nitrogen and oxygen atoms in total. The minimum Gasteiger partial charge on any atom is -0.456 e. The van der Waals surface area contributed by atoms with Crippen LogP contribution in [0.5, 0.6) is 0 Å². The van der Waals surface area contributed by atoms with E-state index in [0.717, 1.165) is 50.1 Å². The fourth-order valence-corrected chi connectivity index (χ4v) is 8.93. The van der Waals surface area contributed by atoms with Crippen LogP contribution in [0.4, 0.5) is 17.1 Å². The van der Waals surface area contributed by atoms with Gasteiger partial charge >= 0.3 is 0 Å². The second kappa shape index (κ2) is 12.8. The number of furan rings is 1. The third-order valence-electron chi connectivity index (χ3n) is 11.4. The quantitative estimate of drug-likeness (QED) is 0.172. The number of hydrogen-bond acceptors (Lipinski definition) is 2. The van der Waals surface area contributed by atoms with Crippen LogP contribution in [-0.2, 0) is 0 Å². The Morgan fingerprint density at radius 3 is 1.73 bits per heavy atom. The molecule has 1 aliphatic rings. The van der Waals surface area contributed by atoms with Crippen molar-refractivity contribution in [3.05, 3.63) is 223 Å². The molecule has 55 heavy (non-hydrogen) atoms. The van der Waals surface area contributed by atoms with Crippen LogP contribution in [0, 0.1) is 0 Å². The number of rotatable bonds is 6. The summed E-state index contributed by atoms with van der Waals surface area (Å²) in [4.78, 5) is 2.48. The molecule has 0 saturated heterocycles. The van der Waals surface area contributed by atoms with Gasteiger partial charge in [-0.15, -0.1) is 0 Å². The number of anilines is 3. The molecule has 11 rings (SSSR count). The molecule has 0 amide bonds. The molecule has 0 spiro atoms. The highest BCUT2D eigenvalue weighted by Gasteiger charge is 2.32. The molecular formula is C53H35NO. The lowest BCUT2D eigenvalue weighted by atomic mass is 9.87. The number of benzene rings is 9. The molecule has 0 bridgehead atoms. The van der Waals surface area contributed by atoms with Gasteiger partial charge in [0.15, 0.2) is 0 Å². The zero-order valence-electron chi connectivity index (χ0n) is 30.1. The molecule has 1 aliphatic carbocycles. The number of hydrogen-bond donors (Lipinski definition) is 0. The summed E-state index contributed by atoms with van der Waals surface area (Å²) < 4.78 is 6.42. The van der Waals surface area contributed by atoms with Crippen molar-refractivity contribution in [2.75, 3.05) is 4.90 Å². The Labute approximate surface area is 320 Å². The summed E-state index contributed by atoms with van der Waals surface area (Å²) in [7, 11) is 0. The van der Waals surface area contributed by atoms with E-state index < -0.39 is 0 Å². The fourth-order valence-electron chi connectivity index (χ4n) is 8.93. The van der Waals surface area contributed by atoms with Crippen molar-refractivity contribution >= 4 is 49.8 Å². The lowest BCUT2D eigenvalue weighted by Crippen LogP contribution is -2.15. The van der Waals surface area contributed by atoms with Crippen molar-refractivity contribution in [2.45, 2.75) is 5.92 Å². The standard InChI is InChI=1S/C53H35NO/c1-2-19-39-35(15-1)16-14-27-40(39)36-17-13-18-38(33-36)54(49-28-10-7-20-41(49)37-31-32-45-44-23-9-12-30-51(44)55-52(45)34-37)50-29-11-8-26-48(50)53-46-24-5-3-21-42(46)43-22-4-6-25-47(43)53/h1-34,53H. The van der Waals surface area contributed by atoms with Crippen LogP contribution in [0.25, 0.3) is 66.1 Å². The minimum atomic E-state index is 0.0754. The summed E-state index contributed by atoms with van der Waals surface area (Å²) in [6.07, 6.45) is 0. The third-order valence-corrected chi connectivity index (χ3v) is 11.4. The Morgan fingerprint density at radius 2 is 0.909 bits per heavy atom. The molecule has 10 aromatic rings. The summed E-state index contributed by atoms with van der Waals surface area (Å²) in [5, 5.41) is 4.74. The minimum absolute atomic E-state index is 0.0754. The molecule has 0 atom stereocenters. The van der Waals surface area contributed by atoms with Crippen LogP contribution in [0.3, 0.4) is 0 Å². The first kappa shape index (κ1) is 31.4. The van der Waals surface area contributed by atoms with E-state index >= 15 is 0 Å². The van der Waals surface area contributed by atoms with E-state index in [0.29, 0.717) is 0 Å². The predicted octanol–water partition coefficient (Wildman–Crippen LogP) is 14.7. The largest absolute Gasteiger partial charge is 0.456 e. The van der Waals surface area contributed by atoms with Crippen LogP contribution in [-0.4, -0.2) is 0 Å². The van der Waals surface area contributed by atoms with Crippen molar-refractivity contribution in [1.29, 1.82) is 0 Å². The Morgan fingerprint density at radius 1 is 0.345 bits per heavy atom. The van der Waals surface area contributed by atoms with Gasteiger partial charge in [0.05, 0.1) is 11.4 Å². The molecule has 0 N–H and O–H groups in total. The third kappa shape index (κ3) is 5.10. The highest BCUT2D eigenvalue weighted by atomic mass is 16.3. The van der Waals surface area contributed by atoms with Crippen LogP contribution in [0.2, 0.25) is 0 Å². The molecular weight excluding hydrogens is 667 g/mol. The average Bonchev–Trinajstić information content (AvgIpc) is 3.79. The van der Waals surface area contributed by atoms with Crippen LogP contribution in [0.1, 0.15) is 22.6 Å². The number of para-hydroxylation sites is 3. The Hall–Kier alpha value is -7.16. The summed E-state index contributed by atoms with van der Waals surface area (Å²) in [6, 6.07) is 74.8. The Kier molecular flexibility index (Phi) is 7.28. The van der Waals surface area contributed by atoms with E-state index in [1.54, 1.807) is 0 Å². The van der Waals surface area contributed by atoms with E-state index in [1.807, 2.05) is 12.1 Å². The molecule has 1 heterocycles. The zero-order chi connectivity index (χ0) is 36.3. The van der Waals surface area contributed by atoms with Gasteiger partial charge in [-0.2, -0.15) is 0 Å². The first-order valence-corrected chi connectivity index (χ1v) is 19.0. The summed E-state index contributed by atoms with van der Waals surface area (Å²) in [5.41, 5.74) is 16.3.